The maximum Gasteiger partial charge on any atom is 0.243 e. The number of carbonyl (C=O) groups is 1. The Hall–Kier alpha value is -3.04. The molecule has 2 fully saturated rings. The maximum absolute atomic E-state index is 12.7. The molecule has 5 rings (SSSR count). The minimum Gasteiger partial charge on any atom is -0.339 e. The van der Waals surface area contributed by atoms with Crippen molar-refractivity contribution in [1.29, 1.82) is 0 Å². The lowest BCUT2D eigenvalue weighted by Gasteiger charge is -2.17. The number of sulfonamides is 1. The summed E-state index contributed by atoms with van der Waals surface area (Å²) in [6.07, 6.45) is 2.10. The van der Waals surface area contributed by atoms with E-state index in [1.165, 1.54) is 9.87 Å². The Morgan fingerprint density at radius 3 is 2.42 bits per heavy atom. The Morgan fingerprint density at radius 2 is 1.73 bits per heavy atom. The Balaban J connectivity index is 1.32. The molecule has 0 spiro atoms. The molecule has 2 saturated heterocycles. The molecule has 9 heteroatoms. The van der Waals surface area contributed by atoms with Crippen LogP contribution in [0.2, 0.25) is 0 Å². The molecule has 0 saturated carbocycles. The van der Waals surface area contributed by atoms with Gasteiger partial charge < -0.3 is 9.42 Å². The fourth-order valence-electron chi connectivity index (χ4n) is 4.39. The molecule has 0 unspecified atom stereocenters. The minimum absolute atomic E-state index is 0.0273. The number of aryl methyl sites for hydroxylation is 2. The lowest BCUT2D eigenvalue weighted by Crippen LogP contribution is -2.27. The van der Waals surface area contributed by atoms with Crippen LogP contribution in [0, 0.1) is 13.8 Å². The third-order valence-electron chi connectivity index (χ3n) is 6.53. The van der Waals surface area contributed by atoms with Gasteiger partial charge in [-0.2, -0.15) is 9.29 Å². The number of benzene rings is 2. The van der Waals surface area contributed by atoms with Crippen molar-refractivity contribution in [2.45, 2.75) is 43.9 Å². The average molecular weight is 467 g/mol. The van der Waals surface area contributed by atoms with Crippen LogP contribution in [0.25, 0.3) is 11.4 Å². The highest BCUT2D eigenvalue weighted by Gasteiger charge is 2.35. The third kappa shape index (κ3) is 4.06. The van der Waals surface area contributed by atoms with Gasteiger partial charge in [0.2, 0.25) is 27.6 Å². The van der Waals surface area contributed by atoms with E-state index in [1.807, 2.05) is 32.0 Å². The highest BCUT2D eigenvalue weighted by Crippen LogP contribution is 2.33. The molecule has 3 aromatic rings. The highest BCUT2D eigenvalue weighted by atomic mass is 32.2. The van der Waals surface area contributed by atoms with Gasteiger partial charge in [0, 0.05) is 37.3 Å². The van der Waals surface area contributed by atoms with E-state index < -0.39 is 10.0 Å². The molecular formula is C24H26N4O4S. The molecule has 0 aliphatic carbocycles. The van der Waals surface area contributed by atoms with Gasteiger partial charge in [-0.15, -0.1) is 0 Å². The molecule has 2 aliphatic rings. The Morgan fingerprint density at radius 1 is 1.00 bits per heavy atom. The molecule has 3 heterocycles. The summed E-state index contributed by atoms with van der Waals surface area (Å²) in [5.41, 5.74) is 3.86. The molecule has 8 nitrogen and oxygen atoms in total. The van der Waals surface area contributed by atoms with Crippen LogP contribution in [0.5, 0.6) is 0 Å². The van der Waals surface area contributed by atoms with Crippen molar-refractivity contribution in [2.75, 3.05) is 24.5 Å². The lowest BCUT2D eigenvalue weighted by atomic mass is 10.1. The van der Waals surface area contributed by atoms with Gasteiger partial charge in [-0.3, -0.25) is 4.79 Å². The standard InChI is InChI=1S/C24H26N4O4S/c1-16-5-8-20(13-17(16)2)28-15-19(14-22(28)29)24-25-23(26-32-24)18-6-9-21(10-7-18)33(30,31)27-11-3-4-12-27/h5-10,13,19H,3-4,11-12,14-15H2,1-2H3/t19-/m1/s1. The third-order valence-corrected chi connectivity index (χ3v) is 8.45. The number of amides is 1. The Labute approximate surface area is 193 Å². The van der Waals surface area contributed by atoms with Gasteiger partial charge in [-0.1, -0.05) is 11.2 Å². The number of aromatic nitrogens is 2. The molecule has 2 aromatic carbocycles. The molecule has 1 amide bonds. The average Bonchev–Trinajstić information content (AvgIpc) is 3.57. The van der Waals surface area contributed by atoms with E-state index in [0.29, 0.717) is 43.3 Å². The number of hydrogen-bond acceptors (Lipinski definition) is 6. The van der Waals surface area contributed by atoms with Gasteiger partial charge >= 0.3 is 0 Å². The first-order valence-electron chi connectivity index (χ1n) is 11.1. The summed E-state index contributed by atoms with van der Waals surface area (Å²) < 4.78 is 32.4. The number of hydrogen-bond donors (Lipinski definition) is 0. The number of nitrogens with zero attached hydrogens (tertiary/aromatic N) is 4. The summed E-state index contributed by atoms with van der Waals surface area (Å²) >= 11 is 0. The summed E-state index contributed by atoms with van der Waals surface area (Å²) in [6, 6.07) is 12.5. The minimum atomic E-state index is -3.46. The Bertz CT molecular complexity index is 1290. The first-order chi connectivity index (χ1) is 15.8. The molecule has 33 heavy (non-hydrogen) atoms. The highest BCUT2D eigenvalue weighted by molar-refractivity contribution is 7.89. The van der Waals surface area contributed by atoms with Crippen molar-refractivity contribution in [1.82, 2.24) is 14.4 Å². The molecule has 1 atom stereocenters. The van der Waals surface area contributed by atoms with Crippen LogP contribution in [0.3, 0.4) is 0 Å². The SMILES string of the molecule is Cc1ccc(N2C[C@H](c3nc(-c4ccc(S(=O)(=O)N5CCCC5)cc4)no3)CC2=O)cc1C. The van der Waals surface area contributed by atoms with E-state index in [4.69, 9.17) is 4.52 Å². The molecule has 1 aromatic heterocycles. The molecular weight excluding hydrogens is 440 g/mol. The van der Waals surface area contributed by atoms with Crippen LogP contribution >= 0.6 is 0 Å². The van der Waals surface area contributed by atoms with Crippen LogP contribution in [0.1, 0.15) is 42.2 Å². The first-order valence-corrected chi connectivity index (χ1v) is 12.6. The second kappa shape index (κ2) is 8.39. The van der Waals surface area contributed by atoms with Crippen LogP contribution in [-0.2, 0) is 14.8 Å². The number of carbonyl (C=O) groups excluding carboxylic acids is 1. The summed E-state index contributed by atoms with van der Waals surface area (Å²) in [5.74, 6) is 0.639. The van der Waals surface area contributed by atoms with Crippen molar-refractivity contribution in [3.8, 4) is 11.4 Å². The van der Waals surface area contributed by atoms with Crippen molar-refractivity contribution in [3.63, 3.8) is 0 Å². The van der Waals surface area contributed by atoms with E-state index in [2.05, 4.69) is 10.1 Å². The van der Waals surface area contributed by atoms with E-state index in [1.54, 1.807) is 29.2 Å². The van der Waals surface area contributed by atoms with E-state index >= 15 is 0 Å². The van der Waals surface area contributed by atoms with Gasteiger partial charge in [0.05, 0.1) is 10.8 Å². The zero-order valence-electron chi connectivity index (χ0n) is 18.7. The van der Waals surface area contributed by atoms with Crippen molar-refractivity contribution < 1.29 is 17.7 Å². The smallest absolute Gasteiger partial charge is 0.243 e. The second-order valence-electron chi connectivity index (χ2n) is 8.77. The maximum atomic E-state index is 12.7. The predicted molar refractivity (Wildman–Crippen MR) is 123 cm³/mol. The quantitative estimate of drug-likeness (QED) is 0.569. The van der Waals surface area contributed by atoms with Crippen LogP contribution in [0.4, 0.5) is 5.69 Å². The topological polar surface area (TPSA) is 96.6 Å². The number of rotatable bonds is 5. The molecule has 172 valence electrons. The van der Waals surface area contributed by atoms with Crippen LogP contribution in [-0.4, -0.2) is 48.4 Å². The summed E-state index contributed by atoms with van der Waals surface area (Å²) in [6.45, 7) is 5.69. The van der Waals surface area contributed by atoms with Gasteiger partial charge in [-0.05, 0) is 74.2 Å². The fraction of sp³-hybridized carbons (Fsp3) is 0.375. The monoisotopic (exact) mass is 466 g/mol. The summed E-state index contributed by atoms with van der Waals surface area (Å²) in [4.78, 5) is 19.2. The predicted octanol–water partition coefficient (Wildman–Crippen LogP) is 3.66. The van der Waals surface area contributed by atoms with Gasteiger partial charge in [0.25, 0.3) is 0 Å². The van der Waals surface area contributed by atoms with Crippen molar-refractivity contribution in [2.24, 2.45) is 0 Å². The van der Waals surface area contributed by atoms with Gasteiger partial charge in [0.15, 0.2) is 0 Å². The first kappa shape index (κ1) is 21.8. The second-order valence-corrected chi connectivity index (χ2v) is 10.7. The molecule has 0 N–H and O–H groups in total. The molecule has 0 radical (unpaired) electrons. The zero-order chi connectivity index (χ0) is 23.2. The lowest BCUT2D eigenvalue weighted by molar-refractivity contribution is -0.117. The normalized spacial score (nSPS) is 19.5. The molecule has 0 bridgehead atoms. The Kier molecular flexibility index (Phi) is 5.54. The van der Waals surface area contributed by atoms with Gasteiger partial charge in [-0.25, -0.2) is 8.42 Å². The molecule has 2 aliphatic heterocycles. The summed E-state index contributed by atoms with van der Waals surface area (Å²) in [7, 11) is -3.46. The van der Waals surface area contributed by atoms with Crippen molar-refractivity contribution in [3.05, 3.63) is 59.5 Å². The largest absolute Gasteiger partial charge is 0.339 e. The van der Waals surface area contributed by atoms with Crippen LogP contribution in [0.15, 0.2) is 51.9 Å². The van der Waals surface area contributed by atoms with Crippen LogP contribution < -0.4 is 4.90 Å². The van der Waals surface area contributed by atoms with E-state index in [0.717, 1.165) is 24.1 Å². The van der Waals surface area contributed by atoms with Gasteiger partial charge in [0.1, 0.15) is 0 Å². The van der Waals surface area contributed by atoms with E-state index in [-0.39, 0.29) is 16.7 Å². The fourth-order valence-corrected chi connectivity index (χ4v) is 5.90. The van der Waals surface area contributed by atoms with E-state index in [9.17, 15) is 13.2 Å². The zero-order valence-corrected chi connectivity index (χ0v) is 19.5. The summed E-state index contributed by atoms with van der Waals surface area (Å²) in [5, 5.41) is 4.07. The van der Waals surface area contributed by atoms with Crippen molar-refractivity contribution >= 4 is 21.6 Å². The number of anilines is 1.